The monoisotopic (exact) mass is 489 g/mol. The lowest BCUT2D eigenvalue weighted by Gasteiger charge is -2.41. The first-order chi connectivity index (χ1) is 15.7. The highest BCUT2D eigenvalue weighted by atomic mass is 32.2. The minimum Gasteiger partial charge on any atom is -0.457 e. The number of nitrogens with one attached hydrogen (secondary N) is 2. The Kier molecular flexibility index (Phi) is 6.48. The van der Waals surface area contributed by atoms with Crippen LogP contribution in [0.2, 0.25) is 0 Å². The van der Waals surface area contributed by atoms with Gasteiger partial charge in [0, 0.05) is 18.0 Å². The highest BCUT2D eigenvalue weighted by Crippen LogP contribution is 2.37. The smallest absolute Gasteiger partial charge is 0.304 e. The number of hydrogen-bond acceptors (Lipinski definition) is 7. The first kappa shape index (κ1) is 23.3. The standard InChI is InChI=1S/C22H24N4O5S2/c1-26(2)20(22(27)25-28)19(11-14-32-26)33(29,30)18-9-7-17(8-10-18)31-16-5-3-15(4-6-16)21-23-12-13-24-21/h3-10,12-13,19-20H,11,14H2,1-2H3,(H2-,23,24,25,27,28)/p+1/t19?,20-/m1/s1. The van der Waals surface area contributed by atoms with E-state index in [2.05, 4.69) is 9.97 Å². The van der Waals surface area contributed by atoms with Gasteiger partial charge in [0.1, 0.15) is 22.6 Å². The number of carbonyl (C=O) groups is 1. The van der Waals surface area contributed by atoms with Crippen LogP contribution < -0.4 is 10.2 Å². The number of aromatic amines is 1. The zero-order valence-electron chi connectivity index (χ0n) is 18.1. The Hall–Kier alpha value is -2.86. The topological polar surface area (TPSA) is 121 Å². The van der Waals surface area contributed by atoms with Gasteiger partial charge in [-0.2, -0.15) is 0 Å². The van der Waals surface area contributed by atoms with E-state index in [1.165, 1.54) is 24.1 Å². The summed E-state index contributed by atoms with van der Waals surface area (Å²) >= 11 is 1.47. The van der Waals surface area contributed by atoms with E-state index in [0.29, 0.717) is 23.7 Å². The Bertz CT molecular complexity index is 1210. The second-order valence-corrected chi connectivity index (χ2v) is 11.9. The lowest BCUT2D eigenvalue weighted by atomic mass is 10.1. The van der Waals surface area contributed by atoms with Crippen molar-refractivity contribution in [3.05, 3.63) is 60.9 Å². The number of rotatable bonds is 6. The molecule has 1 fully saturated rings. The zero-order valence-corrected chi connectivity index (χ0v) is 19.8. The van der Waals surface area contributed by atoms with Crippen molar-refractivity contribution in [2.75, 3.05) is 19.8 Å². The molecule has 1 aromatic heterocycles. The van der Waals surface area contributed by atoms with Gasteiger partial charge in [-0.25, -0.2) is 18.9 Å². The molecule has 0 bridgehead atoms. The molecule has 9 nitrogen and oxygen atoms in total. The molecule has 2 atom stereocenters. The van der Waals surface area contributed by atoms with E-state index in [1.807, 2.05) is 12.1 Å². The van der Waals surface area contributed by atoms with Crippen LogP contribution in [0.5, 0.6) is 11.5 Å². The van der Waals surface area contributed by atoms with Gasteiger partial charge in [-0.15, -0.1) is 0 Å². The van der Waals surface area contributed by atoms with E-state index in [1.54, 1.807) is 56.2 Å². The third kappa shape index (κ3) is 4.76. The van der Waals surface area contributed by atoms with Gasteiger partial charge in [-0.05, 0) is 55.0 Å². The van der Waals surface area contributed by atoms with Crippen LogP contribution in [0.4, 0.5) is 0 Å². The Morgan fingerprint density at radius 3 is 2.36 bits per heavy atom. The van der Waals surface area contributed by atoms with E-state index in [-0.39, 0.29) is 8.78 Å². The summed E-state index contributed by atoms with van der Waals surface area (Å²) in [5, 5.41) is 8.23. The molecule has 2 heterocycles. The van der Waals surface area contributed by atoms with Crippen LogP contribution in [-0.2, 0) is 14.6 Å². The fraction of sp³-hybridized carbons (Fsp3) is 0.273. The van der Waals surface area contributed by atoms with Gasteiger partial charge < -0.3 is 9.72 Å². The van der Waals surface area contributed by atoms with Crippen molar-refractivity contribution in [3.8, 4) is 22.9 Å². The summed E-state index contributed by atoms with van der Waals surface area (Å²) in [5.74, 6) is 1.72. The molecule has 0 spiro atoms. The number of aromatic nitrogens is 2. The number of quaternary nitrogens is 1. The number of likely N-dealkylation sites (N-methyl/N-ethyl adjacent to an activating group) is 1. The molecule has 3 aromatic rings. The molecule has 174 valence electrons. The molecule has 33 heavy (non-hydrogen) atoms. The molecular formula is C22H25N4O5S2+. The Morgan fingerprint density at radius 2 is 1.79 bits per heavy atom. The van der Waals surface area contributed by atoms with Crippen molar-refractivity contribution in [2.45, 2.75) is 22.6 Å². The molecule has 4 rings (SSSR count). The SMILES string of the molecule is C[N+]1(C)SCCC(S(=O)(=O)c2ccc(Oc3ccc(-c4ncc[nH]4)cc3)cc2)[C@@H]1C(=O)NO. The third-order valence-corrected chi connectivity index (χ3v) is 9.17. The Balaban J connectivity index is 1.52. The molecule has 1 aliphatic heterocycles. The van der Waals surface area contributed by atoms with E-state index in [0.717, 1.165) is 11.4 Å². The number of sulfone groups is 1. The van der Waals surface area contributed by atoms with Crippen molar-refractivity contribution >= 4 is 27.7 Å². The maximum atomic E-state index is 13.4. The van der Waals surface area contributed by atoms with E-state index in [4.69, 9.17) is 4.74 Å². The quantitative estimate of drug-likeness (QED) is 0.211. The van der Waals surface area contributed by atoms with Gasteiger partial charge in [0.25, 0.3) is 0 Å². The van der Waals surface area contributed by atoms with Crippen LogP contribution in [0.25, 0.3) is 11.4 Å². The summed E-state index contributed by atoms with van der Waals surface area (Å²) in [5.41, 5.74) is 2.55. The normalized spacial score (nSPS) is 20.2. The van der Waals surface area contributed by atoms with Crippen LogP contribution in [0.3, 0.4) is 0 Å². The van der Waals surface area contributed by atoms with Crippen LogP contribution in [0, 0.1) is 0 Å². The number of ether oxygens (including phenoxy) is 1. The molecule has 1 amide bonds. The summed E-state index contributed by atoms with van der Waals surface area (Å²) < 4.78 is 32.7. The first-order valence-corrected chi connectivity index (χ1v) is 12.7. The van der Waals surface area contributed by atoms with E-state index < -0.39 is 27.0 Å². The largest absolute Gasteiger partial charge is 0.457 e. The van der Waals surface area contributed by atoms with E-state index >= 15 is 0 Å². The minimum absolute atomic E-state index is 0.103. The zero-order chi connectivity index (χ0) is 23.6. The molecule has 0 radical (unpaired) electrons. The van der Waals surface area contributed by atoms with Crippen LogP contribution in [0.1, 0.15) is 6.42 Å². The number of hydroxylamine groups is 1. The summed E-state index contributed by atoms with van der Waals surface area (Å²) in [4.78, 5) is 19.7. The highest BCUT2D eigenvalue weighted by molar-refractivity contribution is 7.94. The third-order valence-electron chi connectivity index (χ3n) is 5.64. The van der Waals surface area contributed by atoms with Crippen molar-refractivity contribution in [1.82, 2.24) is 15.4 Å². The fourth-order valence-electron chi connectivity index (χ4n) is 4.00. The highest BCUT2D eigenvalue weighted by Gasteiger charge is 2.52. The van der Waals surface area contributed by atoms with Crippen LogP contribution >= 0.6 is 11.9 Å². The molecule has 11 heteroatoms. The van der Waals surface area contributed by atoms with Gasteiger partial charge >= 0.3 is 5.91 Å². The first-order valence-electron chi connectivity index (χ1n) is 10.3. The lowest BCUT2D eigenvalue weighted by Crippen LogP contribution is -2.61. The van der Waals surface area contributed by atoms with Gasteiger partial charge in [0.2, 0.25) is 0 Å². The lowest BCUT2D eigenvalue weighted by molar-refractivity contribution is -0.771. The van der Waals surface area contributed by atoms with Crippen LogP contribution in [0.15, 0.2) is 65.8 Å². The number of H-pyrrole nitrogens is 1. The average Bonchev–Trinajstić information content (AvgIpc) is 3.34. The van der Waals surface area contributed by atoms with E-state index in [9.17, 15) is 18.4 Å². The maximum absolute atomic E-state index is 13.4. The molecule has 0 aliphatic carbocycles. The molecule has 1 unspecified atom stereocenters. The number of amides is 1. The minimum atomic E-state index is -3.82. The number of nitrogens with zero attached hydrogens (tertiary/aromatic N) is 2. The second-order valence-electron chi connectivity index (χ2n) is 8.10. The number of imidazole rings is 1. The second kappa shape index (κ2) is 9.18. The van der Waals surface area contributed by atoms with Crippen molar-refractivity contribution in [2.24, 2.45) is 0 Å². The Labute approximate surface area is 196 Å². The predicted octanol–water partition coefficient (Wildman–Crippen LogP) is 3.01. The number of carbonyl (C=O) groups excluding carboxylic acids is 1. The van der Waals surface area contributed by atoms with Gasteiger partial charge in [-0.1, -0.05) is 0 Å². The maximum Gasteiger partial charge on any atom is 0.304 e. The number of benzene rings is 2. The van der Waals surface area contributed by atoms with Crippen LogP contribution in [-0.4, -0.2) is 64.5 Å². The Morgan fingerprint density at radius 1 is 1.15 bits per heavy atom. The fourth-order valence-corrected chi connectivity index (χ4v) is 7.52. The number of hydrogen-bond donors (Lipinski definition) is 3. The average molecular weight is 490 g/mol. The van der Waals surface area contributed by atoms with Gasteiger partial charge in [0.05, 0.1) is 36.7 Å². The molecule has 3 N–H and O–H groups in total. The summed E-state index contributed by atoms with van der Waals surface area (Å²) in [6.07, 6.45) is 3.74. The van der Waals surface area contributed by atoms with Gasteiger partial charge in [0.15, 0.2) is 15.9 Å². The van der Waals surface area contributed by atoms with Crippen molar-refractivity contribution in [1.29, 1.82) is 0 Å². The molecule has 1 aliphatic rings. The molecule has 0 saturated carbocycles. The molecule has 2 aromatic carbocycles. The molecular weight excluding hydrogens is 464 g/mol. The van der Waals surface area contributed by atoms with Crippen molar-refractivity contribution in [3.63, 3.8) is 0 Å². The van der Waals surface area contributed by atoms with Gasteiger partial charge in [-0.3, -0.25) is 13.9 Å². The molecule has 1 saturated heterocycles. The van der Waals surface area contributed by atoms with Crippen molar-refractivity contribution < 1.29 is 27.0 Å². The summed E-state index contributed by atoms with van der Waals surface area (Å²) in [6, 6.07) is 12.6. The predicted molar refractivity (Wildman–Crippen MR) is 124 cm³/mol. The summed E-state index contributed by atoms with van der Waals surface area (Å²) in [7, 11) is -0.296. The summed E-state index contributed by atoms with van der Waals surface area (Å²) in [6.45, 7) is 0.